The van der Waals surface area contributed by atoms with E-state index in [4.69, 9.17) is 11.6 Å². The first-order valence-corrected chi connectivity index (χ1v) is 6.80. The molecule has 2 saturated heterocycles. The summed E-state index contributed by atoms with van der Waals surface area (Å²) in [4.78, 5) is 29.9. The molecule has 0 spiro atoms. The predicted molar refractivity (Wildman–Crippen MR) is 75.3 cm³/mol. The minimum absolute atomic E-state index is 0.0114. The maximum Gasteiger partial charge on any atom is 0.317 e. The maximum atomic E-state index is 11.6. The second-order valence-electron chi connectivity index (χ2n) is 5.08. The van der Waals surface area contributed by atoms with Crippen molar-refractivity contribution in [1.29, 1.82) is 0 Å². The van der Waals surface area contributed by atoms with Gasteiger partial charge in [-0.2, -0.15) is 15.0 Å². The molecule has 1 atom stereocenters. The van der Waals surface area contributed by atoms with Crippen LogP contribution in [-0.4, -0.2) is 72.2 Å². The summed E-state index contributed by atoms with van der Waals surface area (Å²) in [5.74, 6) is 1.09. The number of amides is 2. The van der Waals surface area contributed by atoms with Crippen LogP contribution in [0.2, 0.25) is 5.28 Å². The number of nitrogens with zero attached hydrogens (tertiary/aromatic N) is 6. The predicted octanol–water partition coefficient (Wildman–Crippen LogP) is -0.195. The van der Waals surface area contributed by atoms with Crippen molar-refractivity contribution in [3.63, 3.8) is 0 Å². The number of hydrogen-bond acceptors (Lipinski definition) is 6. The first-order valence-electron chi connectivity index (χ1n) is 6.43. The Hall–Kier alpha value is -1.83. The van der Waals surface area contributed by atoms with E-state index in [0.29, 0.717) is 38.1 Å². The summed E-state index contributed by atoms with van der Waals surface area (Å²) < 4.78 is 0. The minimum Gasteiger partial charge on any atom is -0.347 e. The third kappa shape index (κ3) is 2.31. The summed E-state index contributed by atoms with van der Waals surface area (Å²) in [7, 11) is 3.71. The van der Waals surface area contributed by atoms with E-state index in [-0.39, 0.29) is 17.4 Å². The number of carbonyl (C=O) groups excluding carboxylic acids is 1. The van der Waals surface area contributed by atoms with Gasteiger partial charge in [-0.15, -0.1) is 0 Å². The number of halogens is 1. The van der Waals surface area contributed by atoms with Gasteiger partial charge in [0, 0.05) is 40.3 Å². The number of piperazine rings is 1. The first kappa shape index (κ1) is 13.2. The molecule has 1 aromatic rings. The molecule has 1 unspecified atom stereocenters. The number of nitrogens with one attached hydrogen (secondary N) is 1. The highest BCUT2D eigenvalue weighted by Crippen LogP contribution is 2.20. The molecule has 1 N–H and O–H groups in total. The average molecular weight is 298 g/mol. The highest BCUT2D eigenvalue weighted by molar-refractivity contribution is 6.28. The largest absolute Gasteiger partial charge is 0.347 e. The van der Waals surface area contributed by atoms with E-state index in [1.165, 1.54) is 0 Å². The molecular weight excluding hydrogens is 282 g/mol. The summed E-state index contributed by atoms with van der Waals surface area (Å²) in [6.45, 7) is 2.72. The van der Waals surface area contributed by atoms with E-state index >= 15 is 0 Å². The van der Waals surface area contributed by atoms with Gasteiger partial charge in [-0.3, -0.25) is 0 Å². The Morgan fingerprint density at radius 1 is 1.30 bits per heavy atom. The van der Waals surface area contributed by atoms with Gasteiger partial charge in [-0.05, 0) is 11.6 Å². The molecule has 8 nitrogen and oxygen atoms in total. The van der Waals surface area contributed by atoms with Crippen molar-refractivity contribution in [1.82, 2.24) is 25.2 Å². The Morgan fingerprint density at radius 2 is 2.10 bits per heavy atom. The minimum atomic E-state index is 0.0114. The van der Waals surface area contributed by atoms with Gasteiger partial charge in [0.15, 0.2) is 0 Å². The van der Waals surface area contributed by atoms with Crippen molar-refractivity contribution in [3.8, 4) is 0 Å². The van der Waals surface area contributed by atoms with E-state index < -0.39 is 0 Å². The summed E-state index contributed by atoms with van der Waals surface area (Å²) in [6.07, 6.45) is 0. The molecule has 9 heteroatoms. The quantitative estimate of drug-likeness (QED) is 0.815. The molecule has 2 aliphatic rings. The number of urea groups is 1. The van der Waals surface area contributed by atoms with Gasteiger partial charge in [-0.1, -0.05) is 0 Å². The van der Waals surface area contributed by atoms with Gasteiger partial charge in [0.05, 0.1) is 6.04 Å². The first-order chi connectivity index (χ1) is 9.54. The van der Waals surface area contributed by atoms with Gasteiger partial charge in [0.2, 0.25) is 17.2 Å². The molecule has 20 heavy (non-hydrogen) atoms. The summed E-state index contributed by atoms with van der Waals surface area (Å²) in [5.41, 5.74) is 0. The van der Waals surface area contributed by atoms with E-state index in [2.05, 4.69) is 20.3 Å². The number of anilines is 2. The number of rotatable bonds is 2. The van der Waals surface area contributed by atoms with E-state index in [1.807, 2.05) is 23.9 Å². The molecule has 0 radical (unpaired) electrons. The molecule has 3 rings (SSSR count). The monoisotopic (exact) mass is 297 g/mol. The Balaban J connectivity index is 1.82. The molecule has 0 aromatic carbocycles. The Morgan fingerprint density at radius 3 is 2.85 bits per heavy atom. The highest BCUT2D eigenvalue weighted by atomic mass is 35.5. The third-order valence-electron chi connectivity index (χ3n) is 3.50. The van der Waals surface area contributed by atoms with Gasteiger partial charge in [-0.25, -0.2) is 4.79 Å². The number of hydrogen-bond donors (Lipinski definition) is 1. The molecule has 0 aliphatic carbocycles. The zero-order valence-corrected chi connectivity index (χ0v) is 12.1. The van der Waals surface area contributed by atoms with Crippen molar-refractivity contribution < 1.29 is 4.79 Å². The fourth-order valence-corrected chi connectivity index (χ4v) is 2.61. The lowest BCUT2D eigenvalue weighted by Gasteiger charge is -2.36. The van der Waals surface area contributed by atoms with Gasteiger partial charge in [0.25, 0.3) is 0 Å². The fraction of sp³-hybridized carbons (Fsp3) is 0.636. The van der Waals surface area contributed by atoms with Gasteiger partial charge in [0.1, 0.15) is 0 Å². The van der Waals surface area contributed by atoms with Gasteiger partial charge < -0.3 is 20.0 Å². The molecule has 2 aliphatic heterocycles. The lowest BCUT2D eigenvalue weighted by Crippen LogP contribution is -2.52. The van der Waals surface area contributed by atoms with Crippen LogP contribution in [0.15, 0.2) is 0 Å². The van der Waals surface area contributed by atoms with Crippen LogP contribution >= 0.6 is 11.6 Å². The Labute approximate surface area is 121 Å². The zero-order valence-electron chi connectivity index (χ0n) is 11.4. The molecule has 1 aromatic heterocycles. The van der Waals surface area contributed by atoms with Crippen molar-refractivity contribution in [3.05, 3.63) is 5.28 Å². The average Bonchev–Trinajstić information content (AvgIpc) is 2.79. The molecule has 2 fully saturated rings. The standard InChI is InChI=1S/C11H16ClN7O/c1-17(2)9-14-8(12)15-10(16-9)18-3-4-19-7(6-18)5-13-11(19)20/h7H,3-6H2,1-2H3,(H,13,20). The van der Waals surface area contributed by atoms with Crippen LogP contribution < -0.4 is 15.1 Å². The topological polar surface area (TPSA) is 77.5 Å². The number of fused-ring (bicyclic) bond motifs is 1. The van der Waals surface area contributed by atoms with Crippen LogP contribution in [0.1, 0.15) is 0 Å². The summed E-state index contributed by atoms with van der Waals surface area (Å²) in [6, 6.07) is 0.173. The molecular formula is C11H16ClN7O. The Kier molecular flexibility index (Phi) is 3.25. The van der Waals surface area contributed by atoms with Crippen LogP contribution in [0.5, 0.6) is 0 Å². The van der Waals surface area contributed by atoms with Crippen molar-refractivity contribution in [2.45, 2.75) is 6.04 Å². The van der Waals surface area contributed by atoms with E-state index in [1.54, 1.807) is 4.90 Å². The Bertz CT molecular complexity index is 538. The lowest BCUT2D eigenvalue weighted by atomic mass is 10.2. The number of aromatic nitrogens is 3. The molecule has 108 valence electrons. The van der Waals surface area contributed by atoms with E-state index in [0.717, 1.165) is 0 Å². The second-order valence-corrected chi connectivity index (χ2v) is 5.42. The molecule has 2 amide bonds. The second kappa shape index (κ2) is 4.93. The van der Waals surface area contributed by atoms with Crippen LogP contribution in [0.4, 0.5) is 16.7 Å². The third-order valence-corrected chi connectivity index (χ3v) is 3.67. The molecule has 0 saturated carbocycles. The van der Waals surface area contributed by atoms with Crippen LogP contribution in [0.3, 0.4) is 0 Å². The molecule has 0 bridgehead atoms. The van der Waals surface area contributed by atoms with Gasteiger partial charge >= 0.3 is 6.03 Å². The normalized spacial score (nSPS) is 21.8. The van der Waals surface area contributed by atoms with Crippen molar-refractivity contribution in [2.75, 3.05) is 50.1 Å². The van der Waals surface area contributed by atoms with Crippen LogP contribution in [0.25, 0.3) is 0 Å². The number of carbonyl (C=O) groups is 1. The summed E-state index contributed by atoms with van der Waals surface area (Å²) >= 11 is 5.96. The van der Waals surface area contributed by atoms with E-state index in [9.17, 15) is 4.79 Å². The van der Waals surface area contributed by atoms with Crippen LogP contribution in [-0.2, 0) is 0 Å². The molecule has 3 heterocycles. The lowest BCUT2D eigenvalue weighted by molar-refractivity contribution is 0.197. The van der Waals surface area contributed by atoms with Crippen molar-refractivity contribution >= 4 is 29.5 Å². The SMILES string of the molecule is CN(C)c1nc(Cl)nc(N2CCN3C(=O)NCC3C2)n1. The highest BCUT2D eigenvalue weighted by Gasteiger charge is 2.36. The maximum absolute atomic E-state index is 11.6. The summed E-state index contributed by atoms with van der Waals surface area (Å²) in [5, 5.41) is 3.03. The zero-order chi connectivity index (χ0) is 14.3. The fourth-order valence-electron chi connectivity index (χ4n) is 2.46. The van der Waals surface area contributed by atoms with Crippen LogP contribution in [0, 0.1) is 0 Å². The smallest absolute Gasteiger partial charge is 0.317 e. The van der Waals surface area contributed by atoms with Crippen molar-refractivity contribution in [2.24, 2.45) is 0 Å².